The summed E-state index contributed by atoms with van der Waals surface area (Å²) in [6, 6.07) is 13.8. The maximum Gasteiger partial charge on any atom is 0.269 e. The van der Waals surface area contributed by atoms with E-state index in [-0.39, 0.29) is 10.5 Å². The first-order valence-corrected chi connectivity index (χ1v) is 8.33. The lowest BCUT2D eigenvalue weighted by molar-refractivity contribution is -0.116. The fraction of sp³-hybridized carbons (Fsp3) is 0.0625. The van der Waals surface area contributed by atoms with Crippen molar-refractivity contribution < 1.29 is 18.0 Å². The summed E-state index contributed by atoms with van der Waals surface area (Å²) in [5.41, 5.74) is 0.893. The van der Waals surface area contributed by atoms with Crippen molar-refractivity contribution in [3.8, 4) is 6.07 Å². The van der Waals surface area contributed by atoms with E-state index in [0.717, 1.165) is 0 Å². The first-order chi connectivity index (χ1) is 11.4. The molecule has 1 heterocycles. The van der Waals surface area contributed by atoms with Crippen LogP contribution in [0.4, 0.5) is 5.69 Å². The Hall–Kier alpha value is -3.18. The van der Waals surface area contributed by atoms with E-state index >= 15 is 0 Å². The van der Waals surface area contributed by atoms with Crippen molar-refractivity contribution in [3.63, 3.8) is 0 Å². The van der Waals surface area contributed by atoms with Crippen LogP contribution in [0.3, 0.4) is 0 Å². The number of nitrogens with zero attached hydrogens (tertiary/aromatic N) is 2. The lowest BCUT2D eigenvalue weighted by Crippen LogP contribution is -2.37. The Balaban J connectivity index is 1.78. The average Bonchev–Trinajstić information content (AvgIpc) is 2.77. The van der Waals surface area contributed by atoms with Gasteiger partial charge in [0.1, 0.15) is 11.4 Å². The number of rotatable bonds is 3. The number of amides is 2. The minimum absolute atomic E-state index is 0.0590. The van der Waals surface area contributed by atoms with Gasteiger partial charge >= 0.3 is 0 Å². The molecule has 0 aliphatic carbocycles. The number of hydrogen-bond acceptors (Lipinski definition) is 5. The van der Waals surface area contributed by atoms with Crippen LogP contribution < -0.4 is 5.32 Å². The van der Waals surface area contributed by atoms with Gasteiger partial charge in [0.25, 0.3) is 15.9 Å². The number of nitrogens with one attached hydrogen (secondary N) is 1. The standard InChI is InChI=1S/C16H11N3O4S/c17-9-11-5-7-12(8-6-11)18-15(20)10-19-16(21)13-3-1-2-4-14(13)24(19,22)23/h1-8H,10H2,(H,18,20). The smallest absolute Gasteiger partial charge is 0.269 e. The van der Waals surface area contributed by atoms with Crippen LogP contribution in [0.2, 0.25) is 0 Å². The van der Waals surface area contributed by atoms with Crippen molar-refractivity contribution in [3.05, 3.63) is 59.7 Å². The number of carbonyl (C=O) groups excluding carboxylic acids is 2. The van der Waals surface area contributed by atoms with Gasteiger partial charge in [-0.25, -0.2) is 12.7 Å². The van der Waals surface area contributed by atoms with Crippen molar-refractivity contribution >= 4 is 27.5 Å². The first kappa shape index (κ1) is 15.7. The van der Waals surface area contributed by atoms with E-state index in [0.29, 0.717) is 15.6 Å². The van der Waals surface area contributed by atoms with Gasteiger partial charge in [0.15, 0.2) is 0 Å². The zero-order chi connectivity index (χ0) is 17.3. The predicted octanol–water partition coefficient (Wildman–Crippen LogP) is 1.34. The summed E-state index contributed by atoms with van der Waals surface area (Å²) in [6.45, 7) is -0.615. The Morgan fingerprint density at radius 3 is 2.42 bits per heavy atom. The fourth-order valence-electron chi connectivity index (χ4n) is 2.35. The molecule has 0 spiro atoms. The summed E-state index contributed by atoms with van der Waals surface area (Å²) >= 11 is 0. The molecule has 2 amide bonds. The molecule has 0 fully saturated rings. The van der Waals surface area contributed by atoms with Crippen LogP contribution in [0.25, 0.3) is 0 Å². The zero-order valence-electron chi connectivity index (χ0n) is 12.3. The summed E-state index contributed by atoms with van der Waals surface area (Å²) in [6.07, 6.45) is 0. The molecule has 1 aliphatic rings. The monoisotopic (exact) mass is 341 g/mol. The number of nitriles is 1. The van der Waals surface area contributed by atoms with Crippen LogP contribution in [-0.2, 0) is 14.8 Å². The normalized spacial score (nSPS) is 14.8. The molecule has 0 unspecified atom stereocenters. The molecule has 0 saturated carbocycles. The highest BCUT2D eigenvalue weighted by molar-refractivity contribution is 7.90. The average molecular weight is 341 g/mol. The minimum atomic E-state index is -4.01. The van der Waals surface area contributed by atoms with Gasteiger partial charge in [0, 0.05) is 5.69 Å². The van der Waals surface area contributed by atoms with E-state index in [9.17, 15) is 18.0 Å². The Morgan fingerprint density at radius 1 is 1.12 bits per heavy atom. The predicted molar refractivity (Wildman–Crippen MR) is 84.5 cm³/mol. The third-order valence-corrected chi connectivity index (χ3v) is 5.28. The van der Waals surface area contributed by atoms with Gasteiger partial charge in [-0.2, -0.15) is 5.26 Å². The number of hydrogen-bond donors (Lipinski definition) is 1. The summed E-state index contributed by atoms with van der Waals surface area (Å²) in [5.74, 6) is -1.37. The third kappa shape index (κ3) is 2.61. The molecule has 0 saturated heterocycles. The van der Waals surface area contributed by atoms with E-state index in [1.54, 1.807) is 6.07 Å². The summed E-state index contributed by atoms with van der Waals surface area (Å²) in [5, 5.41) is 11.2. The Bertz CT molecular complexity index is 975. The van der Waals surface area contributed by atoms with Gasteiger partial charge in [-0.15, -0.1) is 0 Å². The summed E-state index contributed by atoms with van der Waals surface area (Å²) in [7, 11) is -4.01. The van der Waals surface area contributed by atoms with E-state index in [4.69, 9.17) is 5.26 Å². The van der Waals surface area contributed by atoms with E-state index < -0.39 is 28.4 Å². The second kappa shape index (κ2) is 5.79. The molecule has 3 rings (SSSR count). The molecule has 0 aromatic heterocycles. The van der Waals surface area contributed by atoms with Crippen LogP contribution >= 0.6 is 0 Å². The van der Waals surface area contributed by atoms with Gasteiger partial charge in [0.2, 0.25) is 5.91 Å². The SMILES string of the molecule is N#Cc1ccc(NC(=O)CN2C(=O)c3ccccc3S2(=O)=O)cc1. The van der Waals surface area contributed by atoms with Gasteiger partial charge in [0.05, 0.1) is 17.2 Å². The molecule has 2 aromatic rings. The number of carbonyl (C=O) groups is 2. The zero-order valence-corrected chi connectivity index (χ0v) is 13.1. The van der Waals surface area contributed by atoms with Crippen molar-refractivity contribution in [2.75, 3.05) is 11.9 Å². The van der Waals surface area contributed by atoms with E-state index in [1.165, 1.54) is 42.5 Å². The number of sulfonamides is 1. The van der Waals surface area contributed by atoms with Crippen LogP contribution in [-0.4, -0.2) is 31.1 Å². The first-order valence-electron chi connectivity index (χ1n) is 6.89. The van der Waals surface area contributed by atoms with E-state index in [1.807, 2.05) is 6.07 Å². The van der Waals surface area contributed by atoms with Crippen molar-refractivity contribution in [2.45, 2.75) is 4.90 Å². The largest absolute Gasteiger partial charge is 0.325 e. The number of fused-ring (bicyclic) bond motifs is 1. The molecule has 24 heavy (non-hydrogen) atoms. The summed E-state index contributed by atoms with van der Waals surface area (Å²) in [4.78, 5) is 24.2. The molecule has 120 valence electrons. The quantitative estimate of drug-likeness (QED) is 0.906. The second-order valence-electron chi connectivity index (χ2n) is 5.05. The molecular formula is C16H11N3O4S. The topological polar surface area (TPSA) is 107 Å². The summed E-state index contributed by atoms with van der Waals surface area (Å²) < 4.78 is 25.3. The third-order valence-electron chi connectivity index (χ3n) is 3.50. The van der Waals surface area contributed by atoms with Gasteiger partial charge in [-0.3, -0.25) is 9.59 Å². The Labute approximate surface area is 138 Å². The maximum absolute atomic E-state index is 12.4. The van der Waals surface area contributed by atoms with E-state index in [2.05, 4.69) is 5.32 Å². The van der Waals surface area contributed by atoms with Gasteiger partial charge < -0.3 is 5.32 Å². The van der Waals surface area contributed by atoms with Crippen LogP contribution in [0, 0.1) is 11.3 Å². The molecule has 7 nitrogen and oxygen atoms in total. The van der Waals surface area contributed by atoms with Crippen molar-refractivity contribution in [1.29, 1.82) is 5.26 Å². The van der Waals surface area contributed by atoms with Gasteiger partial charge in [-0.05, 0) is 36.4 Å². The molecule has 8 heteroatoms. The second-order valence-corrected chi connectivity index (χ2v) is 6.88. The molecular weight excluding hydrogens is 330 g/mol. The molecule has 1 N–H and O–H groups in total. The fourth-order valence-corrected chi connectivity index (χ4v) is 3.87. The highest BCUT2D eigenvalue weighted by atomic mass is 32.2. The molecule has 0 bridgehead atoms. The lowest BCUT2D eigenvalue weighted by Gasteiger charge is -2.14. The van der Waals surface area contributed by atoms with Crippen LogP contribution in [0.1, 0.15) is 15.9 Å². The Morgan fingerprint density at radius 2 is 1.79 bits per heavy atom. The van der Waals surface area contributed by atoms with Crippen molar-refractivity contribution in [1.82, 2.24) is 4.31 Å². The molecule has 0 radical (unpaired) electrons. The minimum Gasteiger partial charge on any atom is -0.325 e. The van der Waals surface area contributed by atoms with Crippen molar-refractivity contribution in [2.24, 2.45) is 0 Å². The highest BCUT2D eigenvalue weighted by Crippen LogP contribution is 2.29. The lowest BCUT2D eigenvalue weighted by atomic mass is 10.2. The molecule has 2 aromatic carbocycles. The number of anilines is 1. The Kier molecular flexibility index (Phi) is 3.79. The molecule has 0 atom stereocenters. The maximum atomic E-state index is 12.4. The van der Waals surface area contributed by atoms with Crippen LogP contribution in [0.5, 0.6) is 0 Å². The molecule has 1 aliphatic heterocycles. The van der Waals surface area contributed by atoms with Gasteiger partial charge in [-0.1, -0.05) is 12.1 Å². The number of benzene rings is 2. The highest BCUT2D eigenvalue weighted by Gasteiger charge is 2.41. The van der Waals surface area contributed by atoms with Crippen LogP contribution in [0.15, 0.2) is 53.4 Å².